The molecule has 6 heteroatoms. The molecule has 0 saturated carbocycles. The van der Waals surface area contributed by atoms with Crippen LogP contribution in [0.2, 0.25) is 0 Å². The van der Waals surface area contributed by atoms with Crippen LogP contribution in [0.3, 0.4) is 0 Å². The molecule has 0 unspecified atom stereocenters. The molecule has 18 heavy (non-hydrogen) atoms. The molecule has 1 atom stereocenters. The van der Waals surface area contributed by atoms with Gasteiger partial charge in [0.2, 0.25) is 0 Å². The van der Waals surface area contributed by atoms with Crippen molar-refractivity contribution in [2.24, 2.45) is 0 Å². The van der Waals surface area contributed by atoms with Crippen LogP contribution in [-0.2, 0) is 4.79 Å². The summed E-state index contributed by atoms with van der Waals surface area (Å²) in [5.41, 5.74) is 1.14. The topological polar surface area (TPSA) is 89.7 Å². The van der Waals surface area contributed by atoms with Gasteiger partial charge in [0, 0.05) is 11.6 Å². The number of nitrogens with zero attached hydrogens (tertiary/aromatic N) is 1. The second-order valence-corrected chi connectivity index (χ2v) is 4.19. The number of rotatable bonds is 5. The van der Waals surface area contributed by atoms with Gasteiger partial charge in [-0.05, 0) is 32.4 Å². The molecular weight excluding hydrogens is 238 g/mol. The van der Waals surface area contributed by atoms with Crippen molar-refractivity contribution in [3.8, 4) is 5.75 Å². The van der Waals surface area contributed by atoms with Crippen LogP contribution in [0.25, 0.3) is 0 Å². The molecule has 1 aromatic rings. The Labute approximate surface area is 104 Å². The van der Waals surface area contributed by atoms with Gasteiger partial charge in [0.05, 0.1) is 11.3 Å². The van der Waals surface area contributed by atoms with Crippen molar-refractivity contribution in [3.05, 3.63) is 33.4 Å². The minimum atomic E-state index is -0.946. The molecule has 6 nitrogen and oxygen atoms in total. The van der Waals surface area contributed by atoms with Gasteiger partial charge in [-0.25, -0.2) is 0 Å². The number of hydrogen-bond donors (Lipinski definition) is 1. The number of ether oxygens (including phenoxy) is 1. The van der Waals surface area contributed by atoms with E-state index in [1.54, 1.807) is 26.8 Å². The number of carboxylic acids is 1. The zero-order chi connectivity index (χ0) is 13.9. The first-order valence-corrected chi connectivity index (χ1v) is 5.45. The second-order valence-electron chi connectivity index (χ2n) is 4.19. The van der Waals surface area contributed by atoms with Crippen LogP contribution in [-0.4, -0.2) is 22.1 Å². The van der Waals surface area contributed by atoms with E-state index in [1.807, 2.05) is 0 Å². The Bertz CT molecular complexity index is 484. The lowest BCUT2D eigenvalue weighted by Gasteiger charge is -2.15. The van der Waals surface area contributed by atoms with Crippen molar-refractivity contribution in [1.29, 1.82) is 0 Å². The van der Waals surface area contributed by atoms with Crippen molar-refractivity contribution >= 4 is 11.7 Å². The fourth-order valence-corrected chi connectivity index (χ4v) is 1.60. The number of benzene rings is 1. The highest BCUT2D eigenvalue weighted by molar-refractivity contribution is 5.67. The second kappa shape index (κ2) is 5.48. The average molecular weight is 253 g/mol. The molecule has 0 radical (unpaired) electrons. The van der Waals surface area contributed by atoms with Crippen LogP contribution in [0.1, 0.15) is 24.5 Å². The number of aryl methyl sites for hydroxylation is 2. The molecule has 0 saturated heterocycles. The summed E-state index contributed by atoms with van der Waals surface area (Å²) >= 11 is 0. The Hall–Kier alpha value is -2.11. The van der Waals surface area contributed by atoms with Crippen LogP contribution < -0.4 is 4.74 Å². The number of hydrogen-bond acceptors (Lipinski definition) is 4. The molecule has 0 spiro atoms. The van der Waals surface area contributed by atoms with E-state index in [9.17, 15) is 14.9 Å². The van der Waals surface area contributed by atoms with Gasteiger partial charge in [-0.15, -0.1) is 0 Å². The van der Waals surface area contributed by atoms with E-state index in [-0.39, 0.29) is 12.1 Å². The average Bonchev–Trinajstić information content (AvgIpc) is 2.21. The molecule has 1 rings (SSSR count). The molecule has 1 aromatic carbocycles. The molecule has 0 bridgehead atoms. The summed E-state index contributed by atoms with van der Waals surface area (Å²) in [7, 11) is 0. The van der Waals surface area contributed by atoms with E-state index in [0.717, 1.165) is 0 Å². The van der Waals surface area contributed by atoms with Crippen LogP contribution in [0.5, 0.6) is 5.75 Å². The van der Waals surface area contributed by atoms with E-state index in [1.165, 1.54) is 6.07 Å². The predicted octanol–water partition coefficient (Wildman–Crippen LogP) is 2.45. The zero-order valence-corrected chi connectivity index (χ0v) is 10.5. The highest BCUT2D eigenvalue weighted by Gasteiger charge is 2.16. The summed E-state index contributed by atoms with van der Waals surface area (Å²) in [5, 5.41) is 19.4. The Balaban J connectivity index is 2.94. The lowest BCUT2D eigenvalue weighted by atomic mass is 10.1. The van der Waals surface area contributed by atoms with Gasteiger partial charge in [0.1, 0.15) is 11.9 Å². The monoisotopic (exact) mass is 253 g/mol. The third-order valence-corrected chi connectivity index (χ3v) is 2.48. The Kier molecular flexibility index (Phi) is 4.25. The van der Waals surface area contributed by atoms with Crippen molar-refractivity contribution in [2.45, 2.75) is 33.3 Å². The molecular formula is C12H15NO5. The minimum Gasteiger partial charge on any atom is -0.490 e. The van der Waals surface area contributed by atoms with E-state index in [2.05, 4.69) is 0 Å². The fourth-order valence-electron chi connectivity index (χ4n) is 1.60. The van der Waals surface area contributed by atoms with E-state index >= 15 is 0 Å². The maximum atomic E-state index is 10.7. The molecule has 0 aliphatic carbocycles. The minimum absolute atomic E-state index is 0.0331. The predicted molar refractivity (Wildman–Crippen MR) is 64.9 cm³/mol. The van der Waals surface area contributed by atoms with E-state index in [4.69, 9.17) is 9.84 Å². The summed E-state index contributed by atoms with van der Waals surface area (Å²) < 4.78 is 5.47. The van der Waals surface area contributed by atoms with Gasteiger partial charge in [0.25, 0.3) is 5.69 Å². The number of carboxylic acid groups (broad SMARTS) is 1. The van der Waals surface area contributed by atoms with Crippen molar-refractivity contribution in [1.82, 2.24) is 0 Å². The summed E-state index contributed by atoms with van der Waals surface area (Å²) in [6.45, 7) is 4.95. The lowest BCUT2D eigenvalue weighted by molar-refractivity contribution is -0.385. The SMILES string of the molecule is Cc1cc([N+](=O)[O-])c(C)cc1O[C@@H](C)CC(=O)O. The van der Waals surface area contributed by atoms with Gasteiger partial charge in [-0.2, -0.15) is 0 Å². The smallest absolute Gasteiger partial charge is 0.307 e. The summed E-state index contributed by atoms with van der Waals surface area (Å²) in [4.78, 5) is 20.8. The number of carbonyl (C=O) groups is 1. The first-order valence-electron chi connectivity index (χ1n) is 5.45. The molecule has 0 aromatic heterocycles. The summed E-state index contributed by atoms with van der Waals surface area (Å²) in [6.07, 6.45) is -0.600. The maximum absolute atomic E-state index is 10.7. The van der Waals surface area contributed by atoms with Gasteiger partial charge < -0.3 is 9.84 Å². The molecule has 0 heterocycles. The highest BCUT2D eigenvalue weighted by atomic mass is 16.6. The largest absolute Gasteiger partial charge is 0.490 e. The first-order chi connectivity index (χ1) is 8.31. The maximum Gasteiger partial charge on any atom is 0.307 e. The van der Waals surface area contributed by atoms with Crippen LogP contribution in [0.4, 0.5) is 5.69 Å². The highest BCUT2D eigenvalue weighted by Crippen LogP contribution is 2.28. The normalized spacial score (nSPS) is 11.9. The van der Waals surface area contributed by atoms with Crippen LogP contribution in [0.15, 0.2) is 12.1 Å². The van der Waals surface area contributed by atoms with Crippen LogP contribution in [0, 0.1) is 24.0 Å². The number of aliphatic carboxylic acids is 1. The Morgan fingerprint density at radius 1 is 1.44 bits per heavy atom. The third-order valence-electron chi connectivity index (χ3n) is 2.48. The van der Waals surface area contributed by atoms with Gasteiger partial charge >= 0.3 is 5.97 Å². The van der Waals surface area contributed by atoms with Gasteiger partial charge in [0.15, 0.2) is 0 Å². The molecule has 0 amide bonds. The standard InChI is InChI=1S/C12H15NO5/c1-7-5-11(18-9(3)6-12(14)15)8(2)4-10(7)13(16)17/h4-5,9H,6H2,1-3H3,(H,14,15)/t9-/m0/s1. The molecule has 0 aliphatic rings. The van der Waals surface area contributed by atoms with Gasteiger partial charge in [-0.1, -0.05) is 0 Å². The first kappa shape index (κ1) is 14.0. The number of nitro benzene ring substituents is 1. The van der Waals surface area contributed by atoms with Crippen molar-refractivity contribution in [3.63, 3.8) is 0 Å². The lowest BCUT2D eigenvalue weighted by Crippen LogP contribution is -2.17. The van der Waals surface area contributed by atoms with Crippen molar-refractivity contribution in [2.75, 3.05) is 0 Å². The molecule has 0 fully saturated rings. The van der Waals surface area contributed by atoms with E-state index in [0.29, 0.717) is 16.9 Å². The summed E-state index contributed by atoms with van der Waals surface area (Å²) in [5.74, 6) is -0.467. The van der Waals surface area contributed by atoms with Crippen molar-refractivity contribution < 1.29 is 19.6 Å². The Morgan fingerprint density at radius 3 is 2.56 bits per heavy atom. The summed E-state index contributed by atoms with van der Waals surface area (Å²) in [6, 6.07) is 2.99. The zero-order valence-electron chi connectivity index (χ0n) is 10.5. The molecule has 1 N–H and O–H groups in total. The molecule has 0 aliphatic heterocycles. The third kappa shape index (κ3) is 3.44. The van der Waals surface area contributed by atoms with Gasteiger partial charge in [-0.3, -0.25) is 14.9 Å². The van der Waals surface area contributed by atoms with Crippen LogP contribution >= 0.6 is 0 Å². The Morgan fingerprint density at radius 2 is 2.06 bits per heavy atom. The van der Waals surface area contributed by atoms with E-state index < -0.39 is 17.0 Å². The fraction of sp³-hybridized carbons (Fsp3) is 0.417. The quantitative estimate of drug-likeness (QED) is 0.643. The molecule has 98 valence electrons. The number of nitro groups is 1.